The van der Waals surface area contributed by atoms with Gasteiger partial charge < -0.3 is 99.1 Å². The first-order valence-electron chi connectivity index (χ1n) is 19.7. The molecule has 0 bridgehead atoms. The van der Waals surface area contributed by atoms with Crippen molar-refractivity contribution in [2.75, 3.05) is 107 Å². The molecule has 3 aliphatic heterocycles. The molecule has 2 amide bonds. The normalized spacial score (nSPS) is 28.8. The molecule has 3 rings (SSSR count). The van der Waals surface area contributed by atoms with Crippen LogP contribution in [0.2, 0.25) is 0 Å². The number of nitrogens with two attached hydrogens (primary N) is 1. The number of amidine groups is 1. The fraction of sp³-hybridized carbons (Fsp3) is 0.806. The molecule has 0 saturated carbocycles. The Morgan fingerprint density at radius 2 is 1.68 bits per heavy atom. The summed E-state index contributed by atoms with van der Waals surface area (Å²) in [6.45, 7) is 6.13. The van der Waals surface area contributed by atoms with Gasteiger partial charge in [0.2, 0.25) is 5.91 Å². The van der Waals surface area contributed by atoms with Gasteiger partial charge in [-0.25, -0.2) is 9.79 Å². The summed E-state index contributed by atoms with van der Waals surface area (Å²) in [4.78, 5) is 30.9. The summed E-state index contributed by atoms with van der Waals surface area (Å²) >= 11 is 0. The first kappa shape index (κ1) is 53.4. The van der Waals surface area contributed by atoms with Gasteiger partial charge in [-0.3, -0.25) is 13.9 Å². The highest BCUT2D eigenvalue weighted by molar-refractivity contribution is 7.53. The molecule has 4 unspecified atom stereocenters. The monoisotopic (exact) mass is 917 g/mol. The predicted molar refractivity (Wildman–Crippen MR) is 213 cm³/mol. The van der Waals surface area contributed by atoms with Crippen molar-refractivity contribution in [2.45, 2.75) is 80.2 Å². The number of methoxy groups -OCH3 is 2. The third-order valence-corrected chi connectivity index (χ3v) is 10.6. The van der Waals surface area contributed by atoms with Crippen molar-refractivity contribution < 1.29 is 96.5 Å². The van der Waals surface area contributed by atoms with E-state index in [0.717, 1.165) is 6.66 Å². The summed E-state index contributed by atoms with van der Waals surface area (Å²) in [6.07, 6.45) is -11.7. The fourth-order valence-electron chi connectivity index (χ4n) is 6.23. The molecule has 12 atom stereocenters. The Morgan fingerprint density at radius 3 is 2.32 bits per heavy atom. The van der Waals surface area contributed by atoms with Crippen LogP contribution >= 0.6 is 7.60 Å². The summed E-state index contributed by atoms with van der Waals surface area (Å²) < 4.78 is 73.6. The van der Waals surface area contributed by atoms with E-state index in [1.165, 1.54) is 24.1 Å². The zero-order chi connectivity index (χ0) is 45.9. The summed E-state index contributed by atoms with van der Waals surface area (Å²) in [5, 5.41) is 68.1. The number of nitrogens with one attached hydrogen (secondary N) is 2. The van der Waals surface area contributed by atoms with E-state index < -0.39 is 113 Å². The zero-order valence-electron chi connectivity index (χ0n) is 35.4. The largest absolute Gasteiger partial charge is 0.447 e. The number of ether oxygens (including phenoxy) is 9. The number of hydrogen-bond acceptors (Lipinski definition) is 23. The SMILES string of the molecule is C=C1N=C(N)C=CN1[C@@H]1OC(COP(C)(=O)O[C@@]2(C)C[C@@H](O)[C@@H](NC(=O)CNC(=O)OCC(COCCOCCOC)OCCOCCOC)C([C@H](O)[C@H](O)CO)O2)[C@@H](O)[C@H]1O. The lowest BCUT2D eigenvalue weighted by Gasteiger charge is -2.47. The van der Waals surface area contributed by atoms with E-state index in [2.05, 4.69) is 22.2 Å². The third-order valence-electron chi connectivity index (χ3n) is 9.30. The van der Waals surface area contributed by atoms with Crippen LogP contribution in [0.25, 0.3) is 0 Å². The summed E-state index contributed by atoms with van der Waals surface area (Å²) in [5.41, 5.74) is 5.67. The van der Waals surface area contributed by atoms with Crippen LogP contribution < -0.4 is 16.4 Å². The molecule has 62 heavy (non-hydrogen) atoms. The van der Waals surface area contributed by atoms with Gasteiger partial charge in [0.15, 0.2) is 12.0 Å². The van der Waals surface area contributed by atoms with Crippen molar-refractivity contribution in [1.82, 2.24) is 15.5 Å². The van der Waals surface area contributed by atoms with Crippen molar-refractivity contribution in [1.29, 1.82) is 0 Å². The average molecular weight is 918 g/mol. The molecule has 0 spiro atoms. The standard InChI is InChI=1S/C36H64N5O20P/c1-22-39-27(37)6-7-41(22)34-32(48)31(47)26(59-34)21-58-62(5,50)61-36(2)16-24(43)29(33(60-36)30(46)25(44)18-42)40-28(45)17-38-35(49)57-20-23(56-15-14-54-11-9-52-4)19-55-13-12-53-10-8-51-3/h6-7,23-26,29-34,42-44,46-48H,1,8-21H2,2-5H3,(H2,37,39)(H,38,49)(H,40,45)/t23?,24-,25-,26?,29-,30-,31-,32-,33?,34-,36+,62?/m1/s1. The number of amides is 2. The topological polar surface area (TPSA) is 340 Å². The van der Waals surface area contributed by atoms with Gasteiger partial charge in [0.25, 0.3) is 0 Å². The molecule has 0 aromatic heterocycles. The Kier molecular flexibility index (Phi) is 23.1. The molecule has 2 fully saturated rings. The molecule has 2 saturated heterocycles. The molecule has 25 nitrogen and oxygen atoms in total. The van der Waals surface area contributed by atoms with E-state index in [1.807, 2.05) is 0 Å². The van der Waals surface area contributed by atoms with Gasteiger partial charge in [-0.15, -0.1) is 0 Å². The van der Waals surface area contributed by atoms with Gasteiger partial charge >= 0.3 is 13.7 Å². The average Bonchev–Trinajstić information content (AvgIpc) is 3.50. The number of aliphatic imine (C=N–C) groups is 1. The highest BCUT2D eigenvalue weighted by Crippen LogP contribution is 2.51. The van der Waals surface area contributed by atoms with Crippen LogP contribution in [0.3, 0.4) is 0 Å². The van der Waals surface area contributed by atoms with Gasteiger partial charge in [-0.05, 0) is 13.0 Å². The van der Waals surface area contributed by atoms with Crippen LogP contribution in [0, 0.1) is 0 Å². The molecule has 0 radical (unpaired) electrons. The number of carbonyl (C=O) groups excluding carboxylic acids is 2. The molecule has 0 aliphatic carbocycles. The van der Waals surface area contributed by atoms with Crippen molar-refractivity contribution in [3.05, 3.63) is 24.7 Å². The molecule has 3 heterocycles. The quantitative estimate of drug-likeness (QED) is 0.0259. The van der Waals surface area contributed by atoms with Gasteiger partial charge in [0.05, 0.1) is 84.8 Å². The third kappa shape index (κ3) is 17.6. The van der Waals surface area contributed by atoms with Gasteiger partial charge in [0, 0.05) is 33.5 Å². The first-order chi connectivity index (χ1) is 29.4. The number of hydrogen-bond donors (Lipinski definition) is 9. The number of rotatable bonds is 29. The molecular formula is C36H64N5O20P. The second-order valence-electron chi connectivity index (χ2n) is 14.4. The van der Waals surface area contributed by atoms with E-state index in [0.29, 0.717) is 33.0 Å². The Hall–Kier alpha value is -2.92. The second-order valence-corrected chi connectivity index (χ2v) is 16.4. The Morgan fingerprint density at radius 1 is 1.03 bits per heavy atom. The van der Waals surface area contributed by atoms with Crippen molar-refractivity contribution in [3.63, 3.8) is 0 Å². The van der Waals surface area contributed by atoms with Crippen LogP contribution in [-0.4, -0.2) is 227 Å². The van der Waals surface area contributed by atoms with E-state index >= 15 is 0 Å². The summed E-state index contributed by atoms with van der Waals surface area (Å²) in [5.74, 6) is -2.59. The molecule has 0 aromatic rings. The van der Waals surface area contributed by atoms with Crippen LogP contribution in [0.4, 0.5) is 4.79 Å². The molecule has 10 N–H and O–H groups in total. The zero-order valence-corrected chi connectivity index (χ0v) is 36.2. The summed E-state index contributed by atoms with van der Waals surface area (Å²) in [6, 6.07) is -1.47. The van der Waals surface area contributed by atoms with E-state index in [4.69, 9.17) is 57.4 Å². The fourth-order valence-corrected chi connectivity index (χ4v) is 7.52. The molecule has 3 aliphatic rings. The minimum Gasteiger partial charge on any atom is -0.447 e. The molecular weight excluding hydrogens is 853 g/mol. The maximum absolute atomic E-state index is 13.6. The predicted octanol–water partition coefficient (Wildman–Crippen LogP) is -3.53. The van der Waals surface area contributed by atoms with Crippen LogP contribution in [0.15, 0.2) is 29.7 Å². The number of aliphatic hydroxyl groups is 6. The van der Waals surface area contributed by atoms with Gasteiger partial charge in [0.1, 0.15) is 67.5 Å². The van der Waals surface area contributed by atoms with Crippen molar-refractivity contribution in [3.8, 4) is 0 Å². The lowest BCUT2D eigenvalue weighted by atomic mass is 9.89. The Bertz CT molecular complexity index is 1500. The van der Waals surface area contributed by atoms with Crippen LogP contribution in [-0.2, 0) is 61.0 Å². The number of carbonyl (C=O) groups is 2. The molecule has 0 aromatic carbocycles. The first-order valence-corrected chi connectivity index (χ1v) is 21.7. The smallest absolute Gasteiger partial charge is 0.407 e. The van der Waals surface area contributed by atoms with Gasteiger partial charge in [-0.2, -0.15) is 0 Å². The summed E-state index contributed by atoms with van der Waals surface area (Å²) in [7, 11) is -1.10. The number of alkyl carbamates (subject to hydrolysis) is 1. The molecule has 26 heteroatoms. The van der Waals surface area contributed by atoms with Crippen molar-refractivity contribution in [2.24, 2.45) is 10.7 Å². The Labute approximate surface area is 359 Å². The lowest BCUT2D eigenvalue weighted by Crippen LogP contribution is -2.66. The maximum atomic E-state index is 13.6. The minimum atomic E-state index is -4.19. The number of aliphatic hydroxyl groups excluding tert-OH is 6. The van der Waals surface area contributed by atoms with Crippen LogP contribution in [0.5, 0.6) is 0 Å². The van der Waals surface area contributed by atoms with E-state index in [1.54, 1.807) is 14.2 Å². The second kappa shape index (κ2) is 26.8. The highest BCUT2D eigenvalue weighted by Gasteiger charge is 2.52. The van der Waals surface area contributed by atoms with Crippen LogP contribution in [0.1, 0.15) is 13.3 Å². The van der Waals surface area contributed by atoms with E-state index in [9.17, 15) is 44.8 Å². The highest BCUT2D eigenvalue weighted by atomic mass is 31.2. The minimum absolute atomic E-state index is 0.0355. The number of nitrogens with zero attached hydrogens (tertiary/aromatic N) is 2. The van der Waals surface area contributed by atoms with E-state index in [-0.39, 0.29) is 44.7 Å². The van der Waals surface area contributed by atoms with Crippen molar-refractivity contribution >= 4 is 25.4 Å². The lowest BCUT2D eigenvalue weighted by molar-refractivity contribution is -0.282. The molecule has 358 valence electrons. The van der Waals surface area contributed by atoms with Gasteiger partial charge in [-0.1, -0.05) is 6.58 Å². The maximum Gasteiger partial charge on any atom is 0.407 e. The Balaban J connectivity index is 1.55.